The zero-order valence-electron chi connectivity index (χ0n) is 9.67. The van der Waals surface area contributed by atoms with Gasteiger partial charge in [0.05, 0.1) is 6.07 Å². The lowest BCUT2D eigenvalue weighted by atomic mass is 9.88. The molecule has 0 aromatic rings. The fourth-order valence-corrected chi connectivity index (χ4v) is 1.49. The van der Waals surface area contributed by atoms with Crippen LogP contribution in [0.5, 0.6) is 0 Å². The highest BCUT2D eigenvalue weighted by Gasteiger charge is 2.33. The molecule has 0 aromatic carbocycles. The quantitative estimate of drug-likeness (QED) is 0.723. The molecule has 2 atom stereocenters. The summed E-state index contributed by atoms with van der Waals surface area (Å²) >= 11 is 0. The number of carbonyl (C=O) groups excluding carboxylic acids is 2. The smallest absolute Gasteiger partial charge is 0.240 e. The Morgan fingerprint density at radius 1 is 1.75 bits per heavy atom. The van der Waals surface area contributed by atoms with E-state index in [0.29, 0.717) is 25.8 Å². The van der Waals surface area contributed by atoms with Crippen molar-refractivity contribution >= 4 is 11.8 Å². The van der Waals surface area contributed by atoms with Crippen LogP contribution in [0.3, 0.4) is 0 Å². The van der Waals surface area contributed by atoms with E-state index < -0.39 is 5.41 Å². The molecule has 2 unspecified atom stereocenters. The van der Waals surface area contributed by atoms with Gasteiger partial charge in [-0.15, -0.1) is 0 Å². The highest BCUT2D eigenvalue weighted by Crippen LogP contribution is 2.20. The highest BCUT2D eigenvalue weighted by atomic mass is 16.2. The molecule has 88 valence electrons. The number of hydrogen-bond acceptors (Lipinski definition) is 3. The number of piperidine rings is 1. The van der Waals surface area contributed by atoms with Crippen molar-refractivity contribution < 1.29 is 9.59 Å². The predicted molar refractivity (Wildman–Crippen MR) is 58.2 cm³/mol. The molecular weight excluding hydrogens is 206 g/mol. The van der Waals surface area contributed by atoms with E-state index in [1.807, 2.05) is 13.0 Å². The number of rotatable bonds is 3. The van der Waals surface area contributed by atoms with Crippen LogP contribution in [0.15, 0.2) is 0 Å². The number of nitrogens with zero attached hydrogens (tertiary/aromatic N) is 1. The average Bonchev–Trinajstić information content (AvgIpc) is 2.31. The van der Waals surface area contributed by atoms with Crippen LogP contribution in [0.4, 0.5) is 0 Å². The lowest BCUT2D eigenvalue weighted by Gasteiger charge is -2.27. The summed E-state index contributed by atoms with van der Waals surface area (Å²) in [6.45, 7) is 3.89. The molecule has 0 saturated carbocycles. The molecule has 0 radical (unpaired) electrons. The summed E-state index contributed by atoms with van der Waals surface area (Å²) in [7, 11) is 0. The van der Waals surface area contributed by atoms with Gasteiger partial charge in [0.1, 0.15) is 5.41 Å². The normalized spacial score (nSPS) is 23.8. The van der Waals surface area contributed by atoms with Gasteiger partial charge in [-0.3, -0.25) is 9.59 Å². The van der Waals surface area contributed by atoms with Gasteiger partial charge in [-0.2, -0.15) is 5.26 Å². The molecule has 2 amide bonds. The molecule has 16 heavy (non-hydrogen) atoms. The standard InChI is InChI=1S/C11H17N3O2/c1-3-11(2,7-12)10(16)14-8-4-5-9(15)13-6-8/h8H,3-6H2,1-2H3,(H,13,15)(H,14,16). The lowest BCUT2D eigenvalue weighted by molar-refractivity contribution is -0.130. The predicted octanol–water partition coefficient (Wildman–Crippen LogP) is 0.321. The van der Waals surface area contributed by atoms with E-state index >= 15 is 0 Å². The third-order valence-electron chi connectivity index (χ3n) is 3.06. The summed E-state index contributed by atoms with van der Waals surface area (Å²) in [5.74, 6) is -0.234. The molecular formula is C11H17N3O2. The molecule has 0 bridgehead atoms. The molecule has 1 rings (SSSR count). The second-order valence-corrected chi connectivity index (χ2v) is 4.31. The van der Waals surface area contributed by atoms with Gasteiger partial charge in [0.25, 0.3) is 0 Å². The molecule has 1 heterocycles. The highest BCUT2D eigenvalue weighted by molar-refractivity contribution is 5.85. The van der Waals surface area contributed by atoms with E-state index in [0.717, 1.165) is 0 Å². The third-order valence-corrected chi connectivity index (χ3v) is 3.06. The maximum absolute atomic E-state index is 11.8. The number of amides is 2. The average molecular weight is 223 g/mol. The van der Waals surface area contributed by atoms with Crippen LogP contribution in [0.2, 0.25) is 0 Å². The van der Waals surface area contributed by atoms with E-state index in [1.165, 1.54) is 0 Å². The van der Waals surface area contributed by atoms with Gasteiger partial charge in [-0.25, -0.2) is 0 Å². The van der Waals surface area contributed by atoms with Gasteiger partial charge in [0.15, 0.2) is 0 Å². The minimum Gasteiger partial charge on any atom is -0.354 e. The third kappa shape index (κ3) is 2.72. The molecule has 5 nitrogen and oxygen atoms in total. The van der Waals surface area contributed by atoms with Crippen molar-refractivity contribution in [1.29, 1.82) is 5.26 Å². The van der Waals surface area contributed by atoms with Crippen LogP contribution >= 0.6 is 0 Å². The Hall–Kier alpha value is -1.57. The first kappa shape index (κ1) is 12.5. The van der Waals surface area contributed by atoms with Crippen molar-refractivity contribution in [3.63, 3.8) is 0 Å². The molecule has 1 saturated heterocycles. The van der Waals surface area contributed by atoms with Crippen molar-refractivity contribution in [2.24, 2.45) is 5.41 Å². The van der Waals surface area contributed by atoms with Gasteiger partial charge in [-0.1, -0.05) is 6.92 Å². The van der Waals surface area contributed by atoms with Crippen molar-refractivity contribution in [3.05, 3.63) is 0 Å². The zero-order chi connectivity index (χ0) is 12.2. The van der Waals surface area contributed by atoms with Gasteiger partial charge in [0, 0.05) is 19.0 Å². The van der Waals surface area contributed by atoms with Gasteiger partial charge < -0.3 is 10.6 Å². The molecule has 0 aromatic heterocycles. The summed E-state index contributed by atoms with van der Waals surface area (Å²) in [5, 5.41) is 14.4. The maximum atomic E-state index is 11.8. The number of nitriles is 1. The fraction of sp³-hybridized carbons (Fsp3) is 0.727. The van der Waals surface area contributed by atoms with Crippen LogP contribution in [0.25, 0.3) is 0 Å². The Labute approximate surface area is 95.2 Å². The zero-order valence-corrected chi connectivity index (χ0v) is 9.67. The maximum Gasteiger partial charge on any atom is 0.240 e. The van der Waals surface area contributed by atoms with Crippen molar-refractivity contribution in [1.82, 2.24) is 10.6 Å². The number of nitrogens with one attached hydrogen (secondary N) is 2. The summed E-state index contributed by atoms with van der Waals surface area (Å²) in [6.07, 6.45) is 1.55. The van der Waals surface area contributed by atoms with Crippen molar-refractivity contribution in [2.45, 2.75) is 39.2 Å². The van der Waals surface area contributed by atoms with Crippen molar-refractivity contribution in [2.75, 3.05) is 6.54 Å². The van der Waals surface area contributed by atoms with E-state index in [1.54, 1.807) is 6.92 Å². The SMILES string of the molecule is CCC(C)(C#N)C(=O)NC1CCC(=O)NC1. The number of carbonyl (C=O) groups is 2. The summed E-state index contributed by atoms with van der Waals surface area (Å²) < 4.78 is 0. The summed E-state index contributed by atoms with van der Waals surface area (Å²) in [6, 6.07) is 1.98. The van der Waals surface area contributed by atoms with Crippen LogP contribution in [-0.2, 0) is 9.59 Å². The molecule has 2 N–H and O–H groups in total. The largest absolute Gasteiger partial charge is 0.354 e. The van der Waals surface area contributed by atoms with Gasteiger partial charge in [0.2, 0.25) is 11.8 Å². The fourth-order valence-electron chi connectivity index (χ4n) is 1.49. The van der Waals surface area contributed by atoms with E-state index in [4.69, 9.17) is 5.26 Å². The van der Waals surface area contributed by atoms with Crippen LogP contribution in [0, 0.1) is 16.7 Å². The molecule has 1 aliphatic heterocycles. The first-order valence-corrected chi connectivity index (χ1v) is 5.50. The minimum atomic E-state index is -0.971. The molecule has 1 fully saturated rings. The minimum absolute atomic E-state index is 0.0176. The van der Waals surface area contributed by atoms with Crippen LogP contribution in [0.1, 0.15) is 33.1 Å². The topological polar surface area (TPSA) is 82.0 Å². The Morgan fingerprint density at radius 3 is 2.88 bits per heavy atom. The Balaban J connectivity index is 2.52. The first-order chi connectivity index (χ1) is 7.51. The van der Waals surface area contributed by atoms with Gasteiger partial charge in [-0.05, 0) is 19.8 Å². The molecule has 0 spiro atoms. The van der Waals surface area contributed by atoms with E-state index in [9.17, 15) is 9.59 Å². The first-order valence-electron chi connectivity index (χ1n) is 5.50. The monoisotopic (exact) mass is 223 g/mol. The second kappa shape index (κ2) is 4.97. The lowest BCUT2D eigenvalue weighted by Crippen LogP contribution is -2.51. The Bertz CT molecular complexity index is 325. The Kier molecular flexibility index (Phi) is 3.88. The molecule has 5 heteroatoms. The Morgan fingerprint density at radius 2 is 2.44 bits per heavy atom. The van der Waals surface area contributed by atoms with Crippen molar-refractivity contribution in [3.8, 4) is 6.07 Å². The van der Waals surface area contributed by atoms with E-state index in [2.05, 4.69) is 10.6 Å². The second-order valence-electron chi connectivity index (χ2n) is 4.31. The molecule has 0 aliphatic carbocycles. The van der Waals surface area contributed by atoms with Gasteiger partial charge >= 0.3 is 0 Å². The molecule has 1 aliphatic rings. The number of hydrogen-bond donors (Lipinski definition) is 2. The van der Waals surface area contributed by atoms with Crippen LogP contribution in [-0.4, -0.2) is 24.4 Å². The van der Waals surface area contributed by atoms with E-state index in [-0.39, 0.29) is 17.9 Å². The van der Waals surface area contributed by atoms with Crippen LogP contribution < -0.4 is 10.6 Å². The summed E-state index contributed by atoms with van der Waals surface area (Å²) in [4.78, 5) is 22.8. The summed E-state index contributed by atoms with van der Waals surface area (Å²) in [5.41, 5.74) is -0.971.